The minimum Gasteiger partial charge on any atom is -0.369 e. The Balaban J connectivity index is 1.93. The van der Waals surface area contributed by atoms with Crippen LogP contribution in [-0.4, -0.2) is 19.1 Å². The van der Waals surface area contributed by atoms with Crippen molar-refractivity contribution in [2.75, 3.05) is 18.0 Å². The van der Waals surface area contributed by atoms with Crippen molar-refractivity contribution < 1.29 is 0 Å². The van der Waals surface area contributed by atoms with Crippen molar-refractivity contribution in [2.24, 2.45) is 17.6 Å². The van der Waals surface area contributed by atoms with E-state index >= 15 is 0 Å². The van der Waals surface area contributed by atoms with Crippen LogP contribution in [0.5, 0.6) is 0 Å². The third-order valence-electron chi connectivity index (χ3n) is 5.12. The Labute approximate surface area is 130 Å². The number of anilines is 1. The molecule has 0 bridgehead atoms. The van der Waals surface area contributed by atoms with E-state index in [0.717, 1.165) is 18.4 Å². The van der Waals surface area contributed by atoms with Gasteiger partial charge in [0.1, 0.15) is 0 Å². The monoisotopic (exact) mass is 288 g/mol. The molecule has 0 spiro atoms. The number of nitrogens with zero attached hydrogens (tertiary/aromatic N) is 1. The van der Waals surface area contributed by atoms with Gasteiger partial charge in [-0.15, -0.1) is 0 Å². The maximum atomic E-state index is 5.76. The lowest BCUT2D eigenvalue weighted by atomic mass is 9.88. The summed E-state index contributed by atoms with van der Waals surface area (Å²) >= 11 is 0. The van der Waals surface area contributed by atoms with Gasteiger partial charge in [-0.1, -0.05) is 32.0 Å². The van der Waals surface area contributed by atoms with Crippen LogP contribution in [0.1, 0.15) is 52.0 Å². The van der Waals surface area contributed by atoms with Crippen molar-refractivity contribution in [1.29, 1.82) is 0 Å². The van der Waals surface area contributed by atoms with Gasteiger partial charge in [-0.05, 0) is 69.0 Å². The van der Waals surface area contributed by atoms with Crippen LogP contribution in [0, 0.1) is 11.8 Å². The first-order chi connectivity index (χ1) is 10.1. The van der Waals surface area contributed by atoms with Crippen LogP contribution < -0.4 is 10.6 Å². The molecule has 21 heavy (non-hydrogen) atoms. The van der Waals surface area contributed by atoms with E-state index in [9.17, 15) is 0 Å². The van der Waals surface area contributed by atoms with Crippen LogP contribution >= 0.6 is 0 Å². The van der Waals surface area contributed by atoms with E-state index in [0.29, 0.717) is 6.04 Å². The van der Waals surface area contributed by atoms with Crippen molar-refractivity contribution in [3.05, 3.63) is 29.8 Å². The van der Waals surface area contributed by atoms with Crippen LogP contribution in [0.4, 0.5) is 5.69 Å². The average molecular weight is 288 g/mol. The molecule has 2 atom stereocenters. The third kappa shape index (κ3) is 4.23. The summed E-state index contributed by atoms with van der Waals surface area (Å²) < 4.78 is 0. The molecule has 2 unspecified atom stereocenters. The summed E-state index contributed by atoms with van der Waals surface area (Å²) in [5.41, 5.74) is 8.75. The summed E-state index contributed by atoms with van der Waals surface area (Å²) in [6.07, 6.45) is 6.27. The summed E-state index contributed by atoms with van der Waals surface area (Å²) in [6, 6.07) is 9.61. The number of rotatable bonds is 7. The zero-order valence-electron chi connectivity index (χ0n) is 14.0. The lowest BCUT2D eigenvalue weighted by Crippen LogP contribution is -2.38. The quantitative estimate of drug-likeness (QED) is 0.813. The number of para-hydroxylation sites is 1. The lowest BCUT2D eigenvalue weighted by molar-refractivity contribution is 0.332. The van der Waals surface area contributed by atoms with Gasteiger partial charge in [0.25, 0.3) is 0 Å². The molecule has 0 saturated heterocycles. The van der Waals surface area contributed by atoms with E-state index < -0.39 is 0 Å². The molecule has 2 heteroatoms. The molecule has 0 saturated carbocycles. The van der Waals surface area contributed by atoms with Crippen LogP contribution in [0.3, 0.4) is 0 Å². The molecule has 1 aliphatic rings. The second-order valence-electron chi connectivity index (χ2n) is 6.93. The average Bonchev–Trinajstić information content (AvgIpc) is 2.48. The second kappa shape index (κ2) is 7.84. The molecule has 0 aromatic heterocycles. The van der Waals surface area contributed by atoms with Crippen molar-refractivity contribution in [3.8, 4) is 0 Å². The molecular formula is C19H32N2. The normalized spacial score (nSPS) is 19.7. The van der Waals surface area contributed by atoms with Crippen molar-refractivity contribution in [3.63, 3.8) is 0 Å². The third-order valence-corrected chi connectivity index (χ3v) is 5.12. The highest BCUT2D eigenvalue weighted by atomic mass is 15.2. The van der Waals surface area contributed by atoms with E-state index in [1.807, 2.05) is 0 Å². The molecule has 118 valence electrons. The number of hydrogen-bond donors (Lipinski definition) is 1. The molecule has 1 aromatic carbocycles. The molecule has 1 aromatic rings. The summed E-state index contributed by atoms with van der Waals surface area (Å²) in [6.45, 7) is 9.05. The van der Waals surface area contributed by atoms with E-state index in [1.165, 1.54) is 49.9 Å². The van der Waals surface area contributed by atoms with E-state index in [1.54, 1.807) is 0 Å². The SMILES string of the molecule is CC(C)C(CCN)CCCN1c2ccccc2CCC1C. The molecule has 0 fully saturated rings. The highest BCUT2D eigenvalue weighted by molar-refractivity contribution is 5.56. The first-order valence-corrected chi connectivity index (χ1v) is 8.68. The number of hydrogen-bond acceptors (Lipinski definition) is 2. The maximum absolute atomic E-state index is 5.76. The topological polar surface area (TPSA) is 29.3 Å². The fraction of sp³-hybridized carbons (Fsp3) is 0.684. The van der Waals surface area contributed by atoms with Crippen LogP contribution in [-0.2, 0) is 6.42 Å². The standard InChI is InChI=1S/C19H32N2/c1-15(2)17(12-13-20)8-6-14-21-16(3)10-11-18-7-4-5-9-19(18)21/h4-5,7,9,15-17H,6,8,10-14,20H2,1-3H3. The highest BCUT2D eigenvalue weighted by Crippen LogP contribution is 2.31. The van der Waals surface area contributed by atoms with Crippen LogP contribution in [0.25, 0.3) is 0 Å². The van der Waals surface area contributed by atoms with Crippen molar-refractivity contribution in [1.82, 2.24) is 0 Å². The Morgan fingerprint density at radius 3 is 2.71 bits per heavy atom. The van der Waals surface area contributed by atoms with Gasteiger partial charge >= 0.3 is 0 Å². The highest BCUT2D eigenvalue weighted by Gasteiger charge is 2.22. The number of benzene rings is 1. The zero-order valence-corrected chi connectivity index (χ0v) is 14.0. The number of nitrogens with two attached hydrogens (primary N) is 1. The summed E-state index contributed by atoms with van der Waals surface area (Å²) in [4.78, 5) is 2.62. The van der Waals surface area contributed by atoms with Gasteiger partial charge in [0.2, 0.25) is 0 Å². The summed E-state index contributed by atoms with van der Waals surface area (Å²) in [5.74, 6) is 1.53. The molecular weight excluding hydrogens is 256 g/mol. The fourth-order valence-electron chi connectivity index (χ4n) is 3.65. The first-order valence-electron chi connectivity index (χ1n) is 8.68. The predicted octanol–water partition coefficient (Wildman–Crippen LogP) is 4.23. The molecule has 1 aliphatic heterocycles. The number of aryl methyl sites for hydroxylation is 1. The largest absolute Gasteiger partial charge is 0.369 e. The van der Waals surface area contributed by atoms with Gasteiger partial charge in [0.05, 0.1) is 0 Å². The molecule has 0 amide bonds. The van der Waals surface area contributed by atoms with Gasteiger partial charge in [-0.25, -0.2) is 0 Å². The Morgan fingerprint density at radius 2 is 2.00 bits per heavy atom. The van der Waals surface area contributed by atoms with E-state index in [4.69, 9.17) is 5.73 Å². The summed E-state index contributed by atoms with van der Waals surface area (Å²) in [5, 5.41) is 0. The lowest BCUT2D eigenvalue weighted by Gasteiger charge is -2.37. The summed E-state index contributed by atoms with van der Waals surface area (Å²) in [7, 11) is 0. The Bertz CT molecular complexity index is 427. The van der Waals surface area contributed by atoms with Crippen LogP contribution in [0.2, 0.25) is 0 Å². The van der Waals surface area contributed by atoms with Gasteiger partial charge in [0.15, 0.2) is 0 Å². The molecule has 2 N–H and O–H groups in total. The smallest absolute Gasteiger partial charge is 0.0401 e. The van der Waals surface area contributed by atoms with Gasteiger partial charge < -0.3 is 10.6 Å². The molecule has 1 heterocycles. The van der Waals surface area contributed by atoms with Crippen molar-refractivity contribution >= 4 is 5.69 Å². The maximum Gasteiger partial charge on any atom is 0.0401 e. The van der Waals surface area contributed by atoms with Gasteiger partial charge in [0, 0.05) is 18.3 Å². The Hall–Kier alpha value is -1.02. The van der Waals surface area contributed by atoms with E-state index in [2.05, 4.69) is 49.9 Å². The fourth-order valence-corrected chi connectivity index (χ4v) is 3.65. The zero-order chi connectivity index (χ0) is 15.2. The van der Waals surface area contributed by atoms with Gasteiger partial charge in [-0.3, -0.25) is 0 Å². The van der Waals surface area contributed by atoms with Crippen LogP contribution in [0.15, 0.2) is 24.3 Å². The first kappa shape index (κ1) is 16.4. The molecule has 2 rings (SSSR count). The molecule has 0 aliphatic carbocycles. The van der Waals surface area contributed by atoms with Gasteiger partial charge in [-0.2, -0.15) is 0 Å². The Kier molecular flexibility index (Phi) is 6.10. The second-order valence-corrected chi connectivity index (χ2v) is 6.93. The minimum absolute atomic E-state index is 0.673. The minimum atomic E-state index is 0.673. The predicted molar refractivity (Wildman–Crippen MR) is 92.8 cm³/mol. The molecule has 0 radical (unpaired) electrons. The Morgan fingerprint density at radius 1 is 1.24 bits per heavy atom. The molecule has 2 nitrogen and oxygen atoms in total. The van der Waals surface area contributed by atoms with E-state index in [-0.39, 0.29) is 0 Å². The number of fused-ring (bicyclic) bond motifs is 1. The van der Waals surface area contributed by atoms with Crippen molar-refractivity contribution in [2.45, 2.75) is 58.9 Å².